The standard InChI is InChI=1S/C23H27NO2/c1-22(2)13-14-23(3,4)20-15-18(10-11-19(20)22)24-17-8-5-16(6-9-17)7-12-21(25)26/h5-12,15,24H,13-14H2,1-4H3,(H,25,26)/b12-7+. The van der Waals surface area contributed by atoms with E-state index in [1.165, 1.54) is 24.0 Å². The van der Waals surface area contributed by atoms with Crippen LogP contribution in [0.2, 0.25) is 0 Å². The summed E-state index contributed by atoms with van der Waals surface area (Å²) >= 11 is 0. The molecule has 0 fully saturated rings. The lowest BCUT2D eigenvalue weighted by Gasteiger charge is -2.42. The first-order valence-electron chi connectivity index (χ1n) is 9.10. The molecule has 2 aromatic carbocycles. The molecule has 0 aromatic heterocycles. The normalized spacial score (nSPS) is 17.7. The lowest BCUT2D eigenvalue weighted by Crippen LogP contribution is -2.33. The van der Waals surface area contributed by atoms with Gasteiger partial charge in [-0.05, 0) is 70.7 Å². The quantitative estimate of drug-likeness (QED) is 0.678. The Morgan fingerprint density at radius 2 is 1.50 bits per heavy atom. The molecule has 0 atom stereocenters. The fourth-order valence-corrected chi connectivity index (χ4v) is 3.68. The maximum Gasteiger partial charge on any atom is 0.328 e. The van der Waals surface area contributed by atoms with Gasteiger partial charge in [0.2, 0.25) is 0 Å². The largest absolute Gasteiger partial charge is 0.478 e. The molecule has 1 aliphatic carbocycles. The van der Waals surface area contributed by atoms with E-state index < -0.39 is 5.97 Å². The highest BCUT2D eigenvalue weighted by molar-refractivity contribution is 5.85. The highest BCUT2D eigenvalue weighted by Crippen LogP contribution is 2.46. The van der Waals surface area contributed by atoms with Crippen LogP contribution < -0.4 is 5.32 Å². The van der Waals surface area contributed by atoms with Crippen LogP contribution in [-0.2, 0) is 15.6 Å². The van der Waals surface area contributed by atoms with Gasteiger partial charge in [0, 0.05) is 17.5 Å². The summed E-state index contributed by atoms with van der Waals surface area (Å²) in [5.41, 5.74) is 6.24. The van der Waals surface area contributed by atoms with Gasteiger partial charge in [0.25, 0.3) is 0 Å². The molecule has 0 aliphatic heterocycles. The van der Waals surface area contributed by atoms with Crippen molar-refractivity contribution in [3.8, 4) is 0 Å². The minimum atomic E-state index is -0.938. The van der Waals surface area contributed by atoms with Gasteiger partial charge in [-0.3, -0.25) is 0 Å². The van der Waals surface area contributed by atoms with E-state index in [9.17, 15) is 4.79 Å². The molecule has 0 unspecified atom stereocenters. The summed E-state index contributed by atoms with van der Waals surface area (Å²) in [6, 6.07) is 14.5. The number of rotatable bonds is 4. The van der Waals surface area contributed by atoms with E-state index in [4.69, 9.17) is 5.11 Å². The Bertz CT molecular complexity index is 845. The summed E-state index contributed by atoms with van der Waals surface area (Å²) in [7, 11) is 0. The molecular weight excluding hydrogens is 322 g/mol. The number of nitrogens with one attached hydrogen (secondary N) is 1. The third-order valence-corrected chi connectivity index (χ3v) is 5.47. The van der Waals surface area contributed by atoms with Crippen LogP contribution >= 0.6 is 0 Å². The molecule has 0 saturated heterocycles. The molecule has 3 rings (SSSR count). The molecule has 0 amide bonds. The first-order valence-corrected chi connectivity index (χ1v) is 9.10. The summed E-state index contributed by atoms with van der Waals surface area (Å²) in [6.07, 6.45) is 5.15. The van der Waals surface area contributed by atoms with Crippen LogP contribution in [0.4, 0.5) is 11.4 Å². The number of carboxylic acid groups (broad SMARTS) is 1. The zero-order valence-corrected chi connectivity index (χ0v) is 16.0. The third-order valence-electron chi connectivity index (χ3n) is 5.47. The van der Waals surface area contributed by atoms with Crippen molar-refractivity contribution in [1.29, 1.82) is 0 Å². The smallest absolute Gasteiger partial charge is 0.328 e. The van der Waals surface area contributed by atoms with Crippen molar-refractivity contribution in [1.82, 2.24) is 0 Å². The van der Waals surface area contributed by atoms with Gasteiger partial charge in [-0.25, -0.2) is 4.79 Å². The van der Waals surface area contributed by atoms with E-state index in [0.717, 1.165) is 23.0 Å². The monoisotopic (exact) mass is 349 g/mol. The fourth-order valence-electron chi connectivity index (χ4n) is 3.68. The number of benzene rings is 2. The highest BCUT2D eigenvalue weighted by atomic mass is 16.4. The predicted molar refractivity (Wildman–Crippen MR) is 108 cm³/mol. The number of fused-ring (bicyclic) bond motifs is 1. The molecule has 1 aliphatic rings. The molecular formula is C23H27NO2. The number of aliphatic carboxylic acids is 1. The van der Waals surface area contributed by atoms with Gasteiger partial charge in [0.05, 0.1) is 0 Å². The van der Waals surface area contributed by atoms with E-state index in [1.54, 1.807) is 6.08 Å². The maximum absolute atomic E-state index is 10.6. The Morgan fingerprint density at radius 1 is 0.923 bits per heavy atom. The van der Waals surface area contributed by atoms with Gasteiger partial charge in [-0.2, -0.15) is 0 Å². The zero-order chi connectivity index (χ0) is 18.9. The van der Waals surface area contributed by atoms with Gasteiger partial charge in [0.1, 0.15) is 0 Å². The summed E-state index contributed by atoms with van der Waals surface area (Å²) in [6.45, 7) is 9.32. The summed E-state index contributed by atoms with van der Waals surface area (Å²) in [5, 5.41) is 12.2. The second-order valence-electron chi connectivity index (χ2n) is 8.45. The third kappa shape index (κ3) is 3.82. The Labute approximate surface area is 155 Å². The molecule has 0 bridgehead atoms. The van der Waals surface area contributed by atoms with Crippen molar-refractivity contribution in [2.75, 3.05) is 5.32 Å². The molecule has 3 nitrogen and oxygen atoms in total. The molecule has 3 heteroatoms. The van der Waals surface area contributed by atoms with Crippen LogP contribution in [0.25, 0.3) is 6.08 Å². The minimum Gasteiger partial charge on any atom is -0.478 e. The molecule has 2 aromatic rings. The van der Waals surface area contributed by atoms with E-state index in [2.05, 4.69) is 51.2 Å². The molecule has 2 N–H and O–H groups in total. The van der Waals surface area contributed by atoms with Crippen molar-refractivity contribution in [3.63, 3.8) is 0 Å². The van der Waals surface area contributed by atoms with Gasteiger partial charge < -0.3 is 10.4 Å². The molecule has 26 heavy (non-hydrogen) atoms. The molecule has 0 radical (unpaired) electrons. The highest BCUT2D eigenvalue weighted by Gasteiger charge is 2.36. The van der Waals surface area contributed by atoms with Crippen molar-refractivity contribution >= 4 is 23.4 Å². The van der Waals surface area contributed by atoms with Crippen molar-refractivity contribution in [2.45, 2.75) is 51.4 Å². The number of anilines is 2. The van der Waals surface area contributed by atoms with E-state index in [1.807, 2.05) is 24.3 Å². The number of carboxylic acids is 1. The molecule has 0 saturated carbocycles. The average Bonchev–Trinajstić information content (AvgIpc) is 2.58. The van der Waals surface area contributed by atoms with Gasteiger partial charge in [0.15, 0.2) is 0 Å². The van der Waals surface area contributed by atoms with Crippen molar-refractivity contribution < 1.29 is 9.90 Å². The molecule has 0 spiro atoms. The van der Waals surface area contributed by atoms with Crippen LogP contribution in [-0.4, -0.2) is 11.1 Å². The van der Waals surface area contributed by atoms with Crippen LogP contribution in [0.15, 0.2) is 48.5 Å². The number of hydrogen-bond acceptors (Lipinski definition) is 2. The first kappa shape index (κ1) is 18.2. The van der Waals surface area contributed by atoms with Gasteiger partial charge in [-0.15, -0.1) is 0 Å². The van der Waals surface area contributed by atoms with Crippen LogP contribution in [0.3, 0.4) is 0 Å². The lowest BCUT2D eigenvalue weighted by atomic mass is 9.63. The number of hydrogen-bond donors (Lipinski definition) is 2. The van der Waals surface area contributed by atoms with E-state index in [-0.39, 0.29) is 10.8 Å². The Balaban J connectivity index is 1.84. The summed E-state index contributed by atoms with van der Waals surface area (Å²) in [4.78, 5) is 10.6. The summed E-state index contributed by atoms with van der Waals surface area (Å²) in [5.74, 6) is -0.938. The fraction of sp³-hybridized carbons (Fsp3) is 0.348. The SMILES string of the molecule is CC1(C)CCC(C)(C)c2cc(Nc3ccc(/C=C/C(=O)O)cc3)ccc21. The summed E-state index contributed by atoms with van der Waals surface area (Å²) < 4.78 is 0. The van der Waals surface area contributed by atoms with Crippen molar-refractivity contribution in [3.05, 3.63) is 65.2 Å². The minimum absolute atomic E-state index is 0.189. The Morgan fingerprint density at radius 3 is 2.12 bits per heavy atom. The predicted octanol–water partition coefficient (Wildman–Crippen LogP) is 5.88. The Kier molecular flexibility index (Phi) is 4.66. The second kappa shape index (κ2) is 6.64. The molecule has 0 heterocycles. The van der Waals surface area contributed by atoms with E-state index >= 15 is 0 Å². The van der Waals surface area contributed by atoms with Crippen LogP contribution in [0.1, 0.15) is 57.2 Å². The topological polar surface area (TPSA) is 49.3 Å². The Hall–Kier alpha value is -2.55. The first-order chi connectivity index (χ1) is 12.2. The number of carbonyl (C=O) groups is 1. The molecule has 136 valence electrons. The average molecular weight is 349 g/mol. The van der Waals surface area contributed by atoms with Gasteiger partial charge >= 0.3 is 5.97 Å². The van der Waals surface area contributed by atoms with Crippen LogP contribution in [0, 0.1) is 0 Å². The maximum atomic E-state index is 10.6. The second-order valence-corrected chi connectivity index (χ2v) is 8.45. The lowest BCUT2D eigenvalue weighted by molar-refractivity contribution is -0.131. The van der Waals surface area contributed by atoms with Crippen molar-refractivity contribution in [2.24, 2.45) is 0 Å². The van der Waals surface area contributed by atoms with Gasteiger partial charge in [-0.1, -0.05) is 45.9 Å². The van der Waals surface area contributed by atoms with Crippen LogP contribution in [0.5, 0.6) is 0 Å². The zero-order valence-electron chi connectivity index (χ0n) is 16.0. The van der Waals surface area contributed by atoms with E-state index in [0.29, 0.717) is 0 Å².